The van der Waals surface area contributed by atoms with Gasteiger partial charge in [-0.1, -0.05) is 36.2 Å². The third-order valence-corrected chi connectivity index (χ3v) is 9.08. The van der Waals surface area contributed by atoms with E-state index in [1.165, 1.54) is 24.3 Å². The summed E-state index contributed by atoms with van der Waals surface area (Å²) in [5.74, 6) is -0.462. The van der Waals surface area contributed by atoms with Crippen LogP contribution in [-0.4, -0.2) is 78.4 Å². The highest BCUT2D eigenvalue weighted by Gasteiger charge is 2.30. The number of aliphatic hydroxyl groups excluding tert-OH is 1. The standard InChI is InChI=1S/C36H45Cl2FN4O5/c1-23-19-43(24(2)22-44)35(45)30-18-29(41-36(46)40-28-11-9-27(39)10-12-28)13-15-33(30)48-25(3)7-5-6-16-47-34(23)21-42(4)20-26-8-14-31(37)32(38)17-26/h8-15,17-18,23-25,34,44H,5-7,16,19-22H2,1-4H3,(H2,40,41,46)/t23-,24-,25+,34+/m0/s1. The van der Waals surface area contributed by atoms with Crippen molar-refractivity contribution in [3.05, 3.63) is 87.7 Å². The van der Waals surface area contributed by atoms with E-state index in [2.05, 4.69) is 15.5 Å². The minimum Gasteiger partial charge on any atom is -0.490 e. The van der Waals surface area contributed by atoms with Gasteiger partial charge in [0.1, 0.15) is 11.6 Å². The number of fused-ring (bicyclic) bond motifs is 1. The first-order valence-electron chi connectivity index (χ1n) is 16.2. The summed E-state index contributed by atoms with van der Waals surface area (Å²) < 4.78 is 26.1. The molecule has 1 aliphatic rings. The van der Waals surface area contributed by atoms with Crippen LogP contribution in [0.5, 0.6) is 5.75 Å². The lowest BCUT2D eigenvalue weighted by Crippen LogP contribution is -2.47. The van der Waals surface area contributed by atoms with Gasteiger partial charge in [-0.05, 0) is 100 Å². The molecule has 4 rings (SSSR count). The highest BCUT2D eigenvalue weighted by Crippen LogP contribution is 2.29. The average molecular weight is 704 g/mol. The second kappa shape index (κ2) is 17.8. The van der Waals surface area contributed by atoms with Gasteiger partial charge in [-0.3, -0.25) is 9.69 Å². The van der Waals surface area contributed by atoms with Crippen molar-refractivity contribution in [2.45, 2.75) is 64.8 Å². The minimum atomic E-state index is -0.552. The first kappa shape index (κ1) is 37.4. The number of urea groups is 1. The molecule has 0 unspecified atom stereocenters. The molecule has 0 bridgehead atoms. The summed E-state index contributed by atoms with van der Waals surface area (Å²) in [5.41, 5.74) is 2.07. The Morgan fingerprint density at radius 3 is 2.46 bits per heavy atom. The maximum Gasteiger partial charge on any atom is 0.323 e. The number of nitrogens with zero attached hydrogens (tertiary/aromatic N) is 2. The van der Waals surface area contributed by atoms with Crippen LogP contribution in [0.25, 0.3) is 0 Å². The fraction of sp³-hybridized carbons (Fsp3) is 0.444. The number of ether oxygens (including phenoxy) is 2. The summed E-state index contributed by atoms with van der Waals surface area (Å²) in [6.07, 6.45) is 2.09. The van der Waals surface area contributed by atoms with E-state index < -0.39 is 17.9 Å². The summed E-state index contributed by atoms with van der Waals surface area (Å²) in [6, 6.07) is 14.9. The van der Waals surface area contributed by atoms with Crippen LogP contribution in [0.4, 0.5) is 20.6 Å². The van der Waals surface area contributed by atoms with Crippen molar-refractivity contribution in [1.29, 1.82) is 0 Å². The number of amides is 3. The molecular weight excluding hydrogens is 658 g/mol. The Kier molecular flexibility index (Phi) is 13.9. The summed E-state index contributed by atoms with van der Waals surface area (Å²) in [7, 11) is 2.01. The van der Waals surface area contributed by atoms with Crippen molar-refractivity contribution in [3.63, 3.8) is 0 Å². The second-order valence-corrected chi connectivity index (χ2v) is 13.4. The van der Waals surface area contributed by atoms with Gasteiger partial charge in [-0.2, -0.15) is 0 Å². The highest BCUT2D eigenvalue weighted by molar-refractivity contribution is 6.42. The van der Waals surface area contributed by atoms with Crippen LogP contribution in [0.15, 0.2) is 60.7 Å². The average Bonchev–Trinajstić information content (AvgIpc) is 3.05. The number of likely N-dealkylation sites (N-methyl/N-ethyl adjacent to an activating group) is 1. The molecule has 3 aromatic carbocycles. The smallest absolute Gasteiger partial charge is 0.323 e. The Hall–Kier alpha value is -3.41. The molecule has 3 amide bonds. The Morgan fingerprint density at radius 1 is 1.04 bits per heavy atom. The molecule has 4 atom stereocenters. The van der Waals surface area contributed by atoms with Crippen LogP contribution in [-0.2, 0) is 11.3 Å². The topological polar surface area (TPSA) is 103 Å². The predicted molar refractivity (Wildman–Crippen MR) is 189 cm³/mol. The molecule has 0 fully saturated rings. The van der Waals surface area contributed by atoms with Gasteiger partial charge >= 0.3 is 6.03 Å². The maximum atomic E-state index is 14.3. The first-order valence-corrected chi connectivity index (χ1v) is 17.0. The van der Waals surface area contributed by atoms with E-state index >= 15 is 0 Å². The molecule has 0 spiro atoms. The molecule has 0 radical (unpaired) electrons. The predicted octanol–water partition coefficient (Wildman–Crippen LogP) is 7.70. The van der Waals surface area contributed by atoms with Crippen LogP contribution < -0.4 is 15.4 Å². The number of benzene rings is 3. The van der Waals surface area contributed by atoms with E-state index in [0.717, 1.165) is 24.8 Å². The SMILES string of the molecule is C[C@@H]1CCCCO[C@H](CN(C)Cc2ccc(Cl)c(Cl)c2)[C@@H](C)CN([C@@H](C)CO)C(=O)c2cc(NC(=O)Nc3ccc(F)cc3)ccc2O1. The van der Waals surface area contributed by atoms with E-state index in [1.807, 2.05) is 33.0 Å². The molecule has 1 aliphatic heterocycles. The van der Waals surface area contributed by atoms with Crippen LogP contribution in [0.3, 0.4) is 0 Å². The zero-order chi connectivity index (χ0) is 34.8. The lowest BCUT2D eigenvalue weighted by molar-refractivity contribution is -0.0177. The van der Waals surface area contributed by atoms with Gasteiger partial charge in [0.15, 0.2) is 0 Å². The molecule has 0 saturated heterocycles. The van der Waals surface area contributed by atoms with Gasteiger partial charge < -0.3 is 30.1 Å². The molecule has 3 aromatic rings. The van der Waals surface area contributed by atoms with Crippen molar-refractivity contribution >= 4 is 46.5 Å². The number of rotatable bonds is 8. The zero-order valence-electron chi connectivity index (χ0n) is 27.8. The Bertz CT molecular complexity index is 1530. The lowest BCUT2D eigenvalue weighted by Gasteiger charge is -2.36. The van der Waals surface area contributed by atoms with Crippen molar-refractivity contribution < 1.29 is 28.6 Å². The Balaban J connectivity index is 1.58. The van der Waals surface area contributed by atoms with E-state index in [0.29, 0.717) is 53.4 Å². The summed E-state index contributed by atoms with van der Waals surface area (Å²) >= 11 is 12.4. The molecule has 260 valence electrons. The number of hydrogen-bond acceptors (Lipinski definition) is 6. The number of aliphatic hydroxyl groups is 1. The molecule has 48 heavy (non-hydrogen) atoms. The number of hydrogen-bond donors (Lipinski definition) is 3. The van der Waals surface area contributed by atoms with E-state index in [1.54, 1.807) is 36.1 Å². The quantitative estimate of drug-likeness (QED) is 0.222. The van der Waals surface area contributed by atoms with Crippen LogP contribution in [0.1, 0.15) is 56.0 Å². The third kappa shape index (κ3) is 10.8. The number of anilines is 2. The summed E-state index contributed by atoms with van der Waals surface area (Å²) in [5, 5.41) is 16.6. The van der Waals surface area contributed by atoms with Gasteiger partial charge in [0.25, 0.3) is 5.91 Å². The molecule has 9 nitrogen and oxygen atoms in total. The van der Waals surface area contributed by atoms with Crippen molar-refractivity contribution in [2.75, 3.05) is 44.0 Å². The van der Waals surface area contributed by atoms with Crippen LogP contribution in [0, 0.1) is 11.7 Å². The molecule has 12 heteroatoms. The molecule has 0 aliphatic carbocycles. The van der Waals surface area contributed by atoms with Crippen molar-refractivity contribution in [1.82, 2.24) is 9.80 Å². The number of carbonyl (C=O) groups excluding carboxylic acids is 2. The Morgan fingerprint density at radius 2 is 1.75 bits per heavy atom. The molecule has 1 heterocycles. The first-order chi connectivity index (χ1) is 22.9. The van der Waals surface area contributed by atoms with Gasteiger partial charge in [-0.25, -0.2) is 9.18 Å². The second-order valence-electron chi connectivity index (χ2n) is 12.5. The third-order valence-electron chi connectivity index (χ3n) is 8.34. The maximum absolute atomic E-state index is 14.3. The van der Waals surface area contributed by atoms with E-state index in [-0.39, 0.29) is 36.2 Å². The summed E-state index contributed by atoms with van der Waals surface area (Å²) in [6.45, 7) is 7.66. The molecule has 0 saturated carbocycles. The lowest BCUT2D eigenvalue weighted by atomic mass is 10.0. The van der Waals surface area contributed by atoms with Gasteiger partial charge in [0, 0.05) is 43.5 Å². The monoisotopic (exact) mass is 702 g/mol. The van der Waals surface area contributed by atoms with Crippen molar-refractivity contribution in [2.24, 2.45) is 5.92 Å². The number of halogens is 3. The minimum absolute atomic E-state index is 0.103. The molecule has 3 N–H and O–H groups in total. The van der Waals surface area contributed by atoms with Crippen molar-refractivity contribution in [3.8, 4) is 5.75 Å². The fourth-order valence-corrected chi connectivity index (χ4v) is 5.93. The molecular formula is C36H45Cl2FN4O5. The zero-order valence-corrected chi connectivity index (χ0v) is 29.4. The van der Waals surface area contributed by atoms with Gasteiger partial charge in [-0.15, -0.1) is 0 Å². The van der Waals surface area contributed by atoms with E-state index in [4.69, 9.17) is 32.7 Å². The van der Waals surface area contributed by atoms with Gasteiger partial charge in [0.05, 0.1) is 40.5 Å². The van der Waals surface area contributed by atoms with Gasteiger partial charge in [0.2, 0.25) is 0 Å². The fourth-order valence-electron chi connectivity index (χ4n) is 5.61. The number of nitrogens with one attached hydrogen (secondary N) is 2. The van der Waals surface area contributed by atoms with E-state index in [9.17, 15) is 19.1 Å². The van der Waals surface area contributed by atoms with Crippen LogP contribution in [0.2, 0.25) is 10.0 Å². The Labute approximate surface area is 292 Å². The highest BCUT2D eigenvalue weighted by atomic mass is 35.5. The normalized spacial score (nSPS) is 20.0. The van der Waals surface area contributed by atoms with Crippen LogP contribution >= 0.6 is 23.2 Å². The largest absolute Gasteiger partial charge is 0.490 e. The molecule has 0 aromatic heterocycles. The summed E-state index contributed by atoms with van der Waals surface area (Å²) in [4.78, 5) is 30.9. The number of carbonyl (C=O) groups is 2.